The lowest BCUT2D eigenvalue weighted by Crippen LogP contribution is -2.49. The van der Waals surface area contributed by atoms with Crippen molar-refractivity contribution in [3.63, 3.8) is 0 Å². The van der Waals surface area contributed by atoms with Crippen LogP contribution >= 0.6 is 0 Å². The van der Waals surface area contributed by atoms with Crippen LogP contribution in [-0.4, -0.2) is 81.8 Å². The molecule has 0 aromatic carbocycles. The van der Waals surface area contributed by atoms with Crippen molar-refractivity contribution in [1.29, 1.82) is 0 Å². The molecule has 0 aromatic heterocycles. The van der Waals surface area contributed by atoms with Gasteiger partial charge in [0.05, 0.1) is 45.1 Å². The zero-order valence-corrected chi connectivity index (χ0v) is 14.5. The van der Waals surface area contributed by atoms with Crippen molar-refractivity contribution in [3.8, 4) is 0 Å². The fourth-order valence-electron chi connectivity index (χ4n) is 2.16. The standard InChI is InChI=1S/C15H28O9/c1-4-15(9-13(16)17,24-11-23-8-6-21-3)12(14(18)19)10-22-7-5-20-2/h12H,4-11H2,1-3H3,(H,16,17)(H,18,19)/t12?,15-/m1/s1. The quantitative estimate of drug-likeness (QED) is 0.304. The van der Waals surface area contributed by atoms with Crippen molar-refractivity contribution in [1.82, 2.24) is 0 Å². The summed E-state index contributed by atoms with van der Waals surface area (Å²) in [7, 11) is 3.02. The lowest BCUT2D eigenvalue weighted by atomic mass is 9.82. The Kier molecular flexibility index (Phi) is 12.4. The number of hydrogen-bond donors (Lipinski definition) is 2. The van der Waals surface area contributed by atoms with Gasteiger partial charge in [0.25, 0.3) is 0 Å². The van der Waals surface area contributed by atoms with Gasteiger partial charge in [0.2, 0.25) is 0 Å². The number of rotatable bonds is 16. The predicted octanol–water partition coefficient (Wildman–Crippen LogP) is 0.611. The van der Waals surface area contributed by atoms with Crippen molar-refractivity contribution < 1.29 is 43.5 Å². The van der Waals surface area contributed by atoms with Crippen molar-refractivity contribution in [2.45, 2.75) is 25.4 Å². The van der Waals surface area contributed by atoms with Gasteiger partial charge in [-0.25, -0.2) is 0 Å². The highest BCUT2D eigenvalue weighted by Crippen LogP contribution is 2.31. The van der Waals surface area contributed by atoms with Crippen LogP contribution in [-0.2, 0) is 33.3 Å². The van der Waals surface area contributed by atoms with Crippen LogP contribution < -0.4 is 0 Å². The molecule has 2 atom stereocenters. The molecule has 0 aliphatic rings. The number of methoxy groups -OCH3 is 2. The van der Waals surface area contributed by atoms with Crippen LogP contribution in [0.4, 0.5) is 0 Å². The Labute approximate surface area is 141 Å². The van der Waals surface area contributed by atoms with E-state index in [0.717, 1.165) is 0 Å². The van der Waals surface area contributed by atoms with Crippen molar-refractivity contribution in [2.75, 3.05) is 54.0 Å². The Morgan fingerprint density at radius 2 is 1.58 bits per heavy atom. The predicted molar refractivity (Wildman–Crippen MR) is 82.9 cm³/mol. The maximum absolute atomic E-state index is 11.6. The van der Waals surface area contributed by atoms with Gasteiger partial charge >= 0.3 is 11.9 Å². The molecule has 0 aromatic rings. The summed E-state index contributed by atoms with van der Waals surface area (Å²) in [5, 5.41) is 18.7. The average Bonchev–Trinajstić information content (AvgIpc) is 2.53. The Hall–Kier alpha value is -1.26. The maximum atomic E-state index is 11.6. The minimum Gasteiger partial charge on any atom is -0.481 e. The van der Waals surface area contributed by atoms with Crippen LogP contribution in [0.3, 0.4) is 0 Å². The van der Waals surface area contributed by atoms with E-state index < -0.39 is 29.9 Å². The highest BCUT2D eigenvalue weighted by molar-refractivity contribution is 5.75. The van der Waals surface area contributed by atoms with E-state index in [0.29, 0.717) is 13.2 Å². The molecule has 9 nitrogen and oxygen atoms in total. The van der Waals surface area contributed by atoms with Gasteiger partial charge in [0, 0.05) is 14.2 Å². The average molecular weight is 352 g/mol. The van der Waals surface area contributed by atoms with E-state index in [1.54, 1.807) is 6.92 Å². The molecule has 0 radical (unpaired) electrons. The van der Waals surface area contributed by atoms with E-state index in [-0.39, 0.29) is 33.0 Å². The molecule has 142 valence electrons. The van der Waals surface area contributed by atoms with Gasteiger partial charge in [-0.3, -0.25) is 9.59 Å². The van der Waals surface area contributed by atoms with Gasteiger partial charge in [0.15, 0.2) is 0 Å². The summed E-state index contributed by atoms with van der Waals surface area (Å²) in [6.45, 7) is 2.38. The molecule has 0 aliphatic heterocycles. The van der Waals surface area contributed by atoms with Crippen LogP contribution in [0.15, 0.2) is 0 Å². The van der Waals surface area contributed by atoms with Crippen LogP contribution in [0.1, 0.15) is 19.8 Å². The minimum absolute atomic E-state index is 0.178. The van der Waals surface area contributed by atoms with E-state index >= 15 is 0 Å². The molecule has 0 heterocycles. The summed E-state index contributed by atoms with van der Waals surface area (Å²) in [6.07, 6.45) is -0.292. The van der Waals surface area contributed by atoms with Crippen molar-refractivity contribution in [3.05, 3.63) is 0 Å². The molecule has 0 saturated carbocycles. The molecule has 0 rings (SSSR count). The highest BCUT2D eigenvalue weighted by Gasteiger charge is 2.45. The normalized spacial score (nSPS) is 15.0. The lowest BCUT2D eigenvalue weighted by Gasteiger charge is -2.36. The SMILES string of the molecule is CC[C@](CC(=O)O)(OCOCCOC)C(COCCOC)C(=O)O. The largest absolute Gasteiger partial charge is 0.481 e. The summed E-state index contributed by atoms with van der Waals surface area (Å²) in [4.78, 5) is 22.9. The Morgan fingerprint density at radius 3 is 2.04 bits per heavy atom. The Morgan fingerprint density at radius 1 is 1.00 bits per heavy atom. The molecule has 0 fully saturated rings. The molecule has 1 unspecified atom stereocenters. The monoisotopic (exact) mass is 352 g/mol. The Bertz CT molecular complexity index is 361. The smallest absolute Gasteiger partial charge is 0.311 e. The fourth-order valence-corrected chi connectivity index (χ4v) is 2.16. The second-order valence-electron chi connectivity index (χ2n) is 5.11. The first kappa shape index (κ1) is 22.7. The maximum Gasteiger partial charge on any atom is 0.311 e. The third-order valence-electron chi connectivity index (χ3n) is 3.56. The van der Waals surface area contributed by atoms with Gasteiger partial charge in [-0.1, -0.05) is 6.92 Å². The van der Waals surface area contributed by atoms with E-state index in [1.807, 2.05) is 0 Å². The van der Waals surface area contributed by atoms with Gasteiger partial charge in [-0.05, 0) is 6.42 Å². The molecule has 9 heteroatoms. The first-order valence-corrected chi connectivity index (χ1v) is 7.65. The first-order valence-electron chi connectivity index (χ1n) is 7.65. The van der Waals surface area contributed by atoms with Crippen LogP contribution in [0.5, 0.6) is 0 Å². The number of carboxylic acid groups (broad SMARTS) is 2. The van der Waals surface area contributed by atoms with E-state index in [2.05, 4.69) is 0 Å². The molecule has 2 N–H and O–H groups in total. The van der Waals surface area contributed by atoms with Gasteiger partial charge in [-0.2, -0.15) is 0 Å². The fraction of sp³-hybridized carbons (Fsp3) is 0.867. The molecule has 0 saturated heterocycles. The summed E-state index contributed by atoms with van der Waals surface area (Å²) in [5.41, 5.74) is -1.43. The molecule has 0 aliphatic carbocycles. The summed E-state index contributed by atoms with van der Waals surface area (Å²) < 4.78 is 25.7. The molecular weight excluding hydrogens is 324 g/mol. The van der Waals surface area contributed by atoms with Crippen molar-refractivity contribution in [2.24, 2.45) is 5.92 Å². The zero-order chi connectivity index (χ0) is 18.4. The van der Waals surface area contributed by atoms with Gasteiger partial charge in [0.1, 0.15) is 12.7 Å². The molecule has 0 spiro atoms. The third-order valence-corrected chi connectivity index (χ3v) is 3.56. The summed E-state index contributed by atoms with van der Waals surface area (Å²) in [6, 6.07) is 0. The molecule has 24 heavy (non-hydrogen) atoms. The van der Waals surface area contributed by atoms with Crippen LogP contribution in [0.25, 0.3) is 0 Å². The summed E-state index contributed by atoms with van der Waals surface area (Å²) in [5.74, 6) is -3.49. The zero-order valence-electron chi connectivity index (χ0n) is 14.5. The lowest BCUT2D eigenvalue weighted by molar-refractivity contribution is -0.198. The Balaban J connectivity index is 4.98. The number of ether oxygens (including phenoxy) is 5. The van der Waals surface area contributed by atoms with Gasteiger partial charge < -0.3 is 33.9 Å². The minimum atomic E-state index is -1.43. The molecular formula is C15H28O9. The topological polar surface area (TPSA) is 121 Å². The highest BCUT2D eigenvalue weighted by atomic mass is 16.7. The number of hydrogen-bond acceptors (Lipinski definition) is 7. The third kappa shape index (κ3) is 8.55. The first-order chi connectivity index (χ1) is 11.4. The molecule has 0 bridgehead atoms. The van der Waals surface area contributed by atoms with E-state index in [4.69, 9.17) is 28.8 Å². The number of carboxylic acids is 2. The van der Waals surface area contributed by atoms with Crippen LogP contribution in [0, 0.1) is 5.92 Å². The van der Waals surface area contributed by atoms with E-state index in [9.17, 15) is 14.7 Å². The number of aliphatic carboxylic acids is 2. The van der Waals surface area contributed by atoms with Gasteiger partial charge in [-0.15, -0.1) is 0 Å². The number of carbonyl (C=O) groups is 2. The summed E-state index contributed by atoms with van der Waals surface area (Å²) >= 11 is 0. The van der Waals surface area contributed by atoms with Crippen molar-refractivity contribution >= 4 is 11.9 Å². The van der Waals surface area contributed by atoms with E-state index in [1.165, 1.54) is 14.2 Å². The van der Waals surface area contributed by atoms with Crippen LogP contribution in [0.2, 0.25) is 0 Å². The molecule has 0 amide bonds. The second kappa shape index (κ2) is 13.1. The second-order valence-corrected chi connectivity index (χ2v) is 5.11.